The Morgan fingerprint density at radius 1 is 1.08 bits per heavy atom. The second-order valence-electron chi connectivity index (χ2n) is 5.96. The number of aryl methyl sites for hydroxylation is 1. The number of carbonyl (C=O) groups is 1. The van der Waals surface area contributed by atoms with Crippen LogP contribution in [0.25, 0.3) is 0 Å². The summed E-state index contributed by atoms with van der Waals surface area (Å²) in [5.74, 6) is 0.785. The predicted molar refractivity (Wildman–Crippen MR) is 97.0 cm³/mol. The lowest BCUT2D eigenvalue weighted by Crippen LogP contribution is -2.42. The minimum Gasteiger partial charge on any atom is -0.494 e. The van der Waals surface area contributed by atoms with Crippen molar-refractivity contribution in [3.63, 3.8) is 0 Å². The minimum atomic E-state index is -0.504. The van der Waals surface area contributed by atoms with Crippen LogP contribution in [-0.4, -0.2) is 25.1 Å². The molecule has 2 rings (SSSR count). The van der Waals surface area contributed by atoms with E-state index in [-0.39, 0.29) is 5.91 Å². The third-order valence-corrected chi connectivity index (χ3v) is 3.80. The molecule has 0 saturated carbocycles. The number of nitrogens with one attached hydrogen (secondary N) is 1. The summed E-state index contributed by atoms with van der Waals surface area (Å²) >= 11 is 0. The highest BCUT2D eigenvalue weighted by atomic mass is 16.5. The first kappa shape index (κ1) is 18.0. The smallest absolute Gasteiger partial charge is 0.237 e. The van der Waals surface area contributed by atoms with E-state index < -0.39 is 6.04 Å². The maximum Gasteiger partial charge on any atom is 0.237 e. The number of ether oxygens (including phenoxy) is 1. The van der Waals surface area contributed by atoms with E-state index in [1.54, 1.807) is 0 Å². The van der Waals surface area contributed by atoms with Gasteiger partial charge in [-0.1, -0.05) is 48.0 Å². The Balaban J connectivity index is 1.56. The van der Waals surface area contributed by atoms with Crippen LogP contribution in [0.5, 0.6) is 5.75 Å². The maximum atomic E-state index is 12.0. The van der Waals surface area contributed by atoms with Crippen LogP contribution in [0.15, 0.2) is 54.6 Å². The molecule has 3 N–H and O–H groups in total. The number of carbonyl (C=O) groups excluding carboxylic acids is 1. The predicted octanol–water partition coefficient (Wildman–Crippen LogP) is 2.84. The molecule has 24 heavy (non-hydrogen) atoms. The van der Waals surface area contributed by atoms with Crippen molar-refractivity contribution in [3.05, 3.63) is 65.7 Å². The molecule has 0 aliphatic carbocycles. The molecule has 4 heteroatoms. The highest BCUT2D eigenvalue weighted by Crippen LogP contribution is 2.11. The van der Waals surface area contributed by atoms with Gasteiger partial charge in [-0.3, -0.25) is 4.79 Å². The lowest BCUT2D eigenvalue weighted by atomic mass is 10.1. The van der Waals surface area contributed by atoms with Crippen LogP contribution in [-0.2, 0) is 11.2 Å². The van der Waals surface area contributed by atoms with Crippen molar-refractivity contribution in [1.82, 2.24) is 5.32 Å². The fourth-order valence-electron chi connectivity index (χ4n) is 2.35. The van der Waals surface area contributed by atoms with Crippen molar-refractivity contribution in [1.29, 1.82) is 0 Å². The van der Waals surface area contributed by atoms with Crippen molar-refractivity contribution < 1.29 is 9.53 Å². The maximum absolute atomic E-state index is 12.0. The van der Waals surface area contributed by atoms with E-state index in [2.05, 4.69) is 12.2 Å². The van der Waals surface area contributed by atoms with Gasteiger partial charge in [0.2, 0.25) is 5.91 Å². The van der Waals surface area contributed by atoms with Crippen LogP contribution in [0.2, 0.25) is 0 Å². The molecule has 0 bridgehead atoms. The van der Waals surface area contributed by atoms with Gasteiger partial charge in [0, 0.05) is 6.54 Å². The third-order valence-electron chi connectivity index (χ3n) is 3.80. The van der Waals surface area contributed by atoms with Crippen LogP contribution in [0, 0.1) is 6.92 Å². The second kappa shape index (κ2) is 9.73. The van der Waals surface area contributed by atoms with Gasteiger partial charge in [-0.05, 0) is 43.9 Å². The molecule has 0 saturated heterocycles. The van der Waals surface area contributed by atoms with Crippen LogP contribution in [0.3, 0.4) is 0 Å². The lowest BCUT2D eigenvalue weighted by Gasteiger charge is -2.12. The van der Waals surface area contributed by atoms with E-state index in [9.17, 15) is 4.79 Å². The molecule has 2 aromatic rings. The summed E-state index contributed by atoms with van der Waals surface area (Å²) in [7, 11) is 0. The number of amides is 1. The first-order valence-electron chi connectivity index (χ1n) is 8.42. The normalized spacial score (nSPS) is 11.8. The summed E-state index contributed by atoms with van der Waals surface area (Å²) in [6.45, 7) is 3.32. The highest BCUT2D eigenvalue weighted by Gasteiger charge is 2.12. The van der Waals surface area contributed by atoms with E-state index in [1.807, 2.05) is 54.6 Å². The fraction of sp³-hybridized carbons (Fsp3) is 0.350. The molecule has 0 radical (unpaired) electrons. The summed E-state index contributed by atoms with van der Waals surface area (Å²) in [6, 6.07) is 17.3. The molecular formula is C20H26N2O2. The van der Waals surface area contributed by atoms with Crippen molar-refractivity contribution in [2.45, 2.75) is 32.2 Å². The quantitative estimate of drug-likeness (QED) is 0.697. The van der Waals surface area contributed by atoms with Gasteiger partial charge < -0.3 is 15.8 Å². The van der Waals surface area contributed by atoms with Crippen molar-refractivity contribution >= 4 is 5.91 Å². The van der Waals surface area contributed by atoms with Crippen LogP contribution < -0.4 is 15.8 Å². The fourth-order valence-corrected chi connectivity index (χ4v) is 2.35. The van der Waals surface area contributed by atoms with Gasteiger partial charge in [0.15, 0.2) is 0 Å². The van der Waals surface area contributed by atoms with Gasteiger partial charge in [-0.25, -0.2) is 0 Å². The van der Waals surface area contributed by atoms with E-state index in [4.69, 9.17) is 10.5 Å². The summed E-state index contributed by atoms with van der Waals surface area (Å²) in [5, 5.41) is 2.89. The molecule has 0 aromatic heterocycles. The third kappa shape index (κ3) is 6.42. The molecule has 0 aliphatic rings. The zero-order chi connectivity index (χ0) is 17.2. The van der Waals surface area contributed by atoms with Gasteiger partial charge in [0.25, 0.3) is 0 Å². The molecule has 4 nitrogen and oxygen atoms in total. The topological polar surface area (TPSA) is 64.3 Å². The summed E-state index contributed by atoms with van der Waals surface area (Å²) < 4.78 is 5.66. The highest BCUT2D eigenvalue weighted by molar-refractivity contribution is 5.81. The van der Waals surface area contributed by atoms with Gasteiger partial charge in [-0.2, -0.15) is 0 Å². The van der Waals surface area contributed by atoms with Gasteiger partial charge in [0.1, 0.15) is 5.75 Å². The Labute approximate surface area is 144 Å². The number of unbranched alkanes of at least 4 members (excludes halogenated alkanes) is 1. The van der Waals surface area contributed by atoms with Crippen LogP contribution >= 0.6 is 0 Å². The molecule has 0 spiro atoms. The van der Waals surface area contributed by atoms with Crippen molar-refractivity contribution in [2.75, 3.05) is 13.2 Å². The summed E-state index contributed by atoms with van der Waals surface area (Å²) in [4.78, 5) is 12.0. The Bertz CT molecular complexity index is 611. The van der Waals surface area contributed by atoms with Crippen molar-refractivity contribution in [2.24, 2.45) is 5.73 Å². The van der Waals surface area contributed by atoms with Gasteiger partial charge in [0.05, 0.1) is 12.6 Å². The Morgan fingerprint density at radius 3 is 2.50 bits per heavy atom. The average molecular weight is 326 g/mol. The van der Waals surface area contributed by atoms with E-state index in [0.717, 1.165) is 24.2 Å². The van der Waals surface area contributed by atoms with Crippen molar-refractivity contribution in [3.8, 4) is 5.75 Å². The monoisotopic (exact) mass is 326 g/mol. The molecule has 1 unspecified atom stereocenters. The number of nitrogens with two attached hydrogens (primary N) is 1. The largest absolute Gasteiger partial charge is 0.494 e. The average Bonchev–Trinajstić information content (AvgIpc) is 2.60. The Hall–Kier alpha value is -2.33. The van der Waals surface area contributed by atoms with E-state index >= 15 is 0 Å². The molecule has 1 amide bonds. The summed E-state index contributed by atoms with van der Waals surface area (Å²) in [5.41, 5.74) is 8.24. The zero-order valence-electron chi connectivity index (χ0n) is 14.2. The van der Waals surface area contributed by atoms with Crippen LogP contribution in [0.4, 0.5) is 0 Å². The Morgan fingerprint density at radius 2 is 1.79 bits per heavy atom. The first-order valence-corrected chi connectivity index (χ1v) is 8.42. The van der Waals surface area contributed by atoms with Gasteiger partial charge >= 0.3 is 0 Å². The SMILES string of the molecule is Cc1ccc(OCCCCNC(=O)C(N)Cc2ccccc2)cc1. The van der Waals surface area contributed by atoms with E-state index in [0.29, 0.717) is 19.6 Å². The zero-order valence-corrected chi connectivity index (χ0v) is 14.2. The number of rotatable bonds is 9. The molecule has 0 heterocycles. The first-order chi connectivity index (χ1) is 11.6. The molecule has 0 aliphatic heterocycles. The number of benzene rings is 2. The standard InChI is InChI=1S/C20H26N2O2/c1-16-9-11-18(12-10-16)24-14-6-5-13-22-20(23)19(21)15-17-7-3-2-4-8-17/h2-4,7-12,19H,5-6,13-15,21H2,1H3,(H,22,23). The molecule has 1 atom stereocenters. The molecule has 128 valence electrons. The minimum absolute atomic E-state index is 0.0988. The van der Waals surface area contributed by atoms with Gasteiger partial charge in [-0.15, -0.1) is 0 Å². The molecule has 0 fully saturated rings. The number of hydrogen-bond donors (Lipinski definition) is 2. The van der Waals surface area contributed by atoms with E-state index in [1.165, 1.54) is 5.56 Å². The number of hydrogen-bond acceptors (Lipinski definition) is 3. The molecule has 2 aromatic carbocycles. The Kier molecular flexibility index (Phi) is 7.30. The second-order valence-corrected chi connectivity index (χ2v) is 5.96. The molecular weight excluding hydrogens is 300 g/mol. The lowest BCUT2D eigenvalue weighted by molar-refractivity contribution is -0.122. The van der Waals surface area contributed by atoms with Crippen LogP contribution in [0.1, 0.15) is 24.0 Å². The summed E-state index contributed by atoms with van der Waals surface area (Å²) in [6.07, 6.45) is 2.32.